The summed E-state index contributed by atoms with van der Waals surface area (Å²) in [5.41, 5.74) is 7.93. The van der Waals surface area contributed by atoms with Gasteiger partial charge in [-0.2, -0.15) is 0 Å². The smallest absolute Gasteiger partial charge is 0.159 e. The van der Waals surface area contributed by atoms with Crippen molar-refractivity contribution in [1.82, 2.24) is 4.57 Å². The van der Waals surface area contributed by atoms with Crippen molar-refractivity contribution in [3.8, 4) is 16.8 Å². The fourth-order valence-corrected chi connectivity index (χ4v) is 7.08. The second-order valence-corrected chi connectivity index (χ2v) is 15.7. The molecule has 0 bridgehead atoms. The third-order valence-corrected chi connectivity index (χ3v) is 9.34. The van der Waals surface area contributed by atoms with Crippen LogP contribution < -0.4 is 5.19 Å². The topological polar surface area (TPSA) is 18.1 Å². The zero-order valence-corrected chi connectivity index (χ0v) is 21.7. The molecule has 0 N–H and O–H groups in total. The molecule has 0 saturated heterocycles. The number of benzene rings is 5. The second kappa shape index (κ2) is 7.71. The molecule has 174 valence electrons. The Labute approximate surface area is 211 Å². The van der Waals surface area contributed by atoms with Crippen LogP contribution in [-0.4, -0.2) is 12.6 Å². The Hall–Kier alpha value is -4.08. The molecule has 0 aliphatic carbocycles. The lowest BCUT2D eigenvalue weighted by Gasteiger charge is -2.16. The van der Waals surface area contributed by atoms with Crippen molar-refractivity contribution in [1.29, 1.82) is 0 Å². The maximum atomic E-state index is 6.77. The predicted molar refractivity (Wildman–Crippen MR) is 156 cm³/mol. The molecule has 0 fully saturated rings. The number of hydrogen-bond donors (Lipinski definition) is 0. The van der Waals surface area contributed by atoms with E-state index in [1.165, 1.54) is 48.9 Å². The molecule has 2 heterocycles. The number of nitrogens with zero attached hydrogens (tertiary/aromatic N) is 1. The van der Waals surface area contributed by atoms with Crippen LogP contribution in [0.25, 0.3) is 60.6 Å². The average molecular weight is 482 g/mol. The average Bonchev–Trinajstić information content (AvgIpc) is 3.44. The quantitative estimate of drug-likeness (QED) is 0.230. The van der Waals surface area contributed by atoms with E-state index in [9.17, 15) is 0 Å². The van der Waals surface area contributed by atoms with E-state index < -0.39 is 8.07 Å². The Bertz CT molecular complexity index is 1920. The Morgan fingerprint density at radius 3 is 2.00 bits per heavy atom. The number of rotatable bonds is 3. The highest BCUT2D eigenvalue weighted by atomic mass is 28.3. The highest BCUT2D eigenvalue weighted by Gasteiger charge is 2.24. The Balaban J connectivity index is 1.56. The second-order valence-electron chi connectivity index (χ2n) is 10.6. The molecule has 0 aliphatic rings. The normalized spacial score (nSPS) is 12.3. The van der Waals surface area contributed by atoms with E-state index in [0.29, 0.717) is 0 Å². The van der Waals surface area contributed by atoms with Crippen LogP contribution in [0, 0.1) is 0 Å². The zero-order chi connectivity index (χ0) is 24.4. The largest absolute Gasteiger partial charge is 0.454 e. The maximum absolute atomic E-state index is 6.77. The lowest BCUT2D eigenvalue weighted by Crippen LogP contribution is -2.37. The van der Waals surface area contributed by atoms with Crippen molar-refractivity contribution in [2.45, 2.75) is 19.6 Å². The first-order valence-corrected chi connectivity index (χ1v) is 16.0. The van der Waals surface area contributed by atoms with Crippen LogP contribution in [0.5, 0.6) is 0 Å². The molecule has 0 unspecified atom stereocenters. The van der Waals surface area contributed by atoms with Gasteiger partial charge in [-0.05, 0) is 40.6 Å². The summed E-state index contributed by atoms with van der Waals surface area (Å²) in [5.74, 6) is 0. The molecule has 0 radical (unpaired) electrons. The summed E-state index contributed by atoms with van der Waals surface area (Å²) in [6, 6.07) is 39.3. The number of aromatic nitrogens is 1. The van der Waals surface area contributed by atoms with E-state index >= 15 is 0 Å². The van der Waals surface area contributed by atoms with Gasteiger partial charge in [-0.1, -0.05) is 105 Å². The van der Waals surface area contributed by atoms with E-state index in [0.717, 1.165) is 16.9 Å². The molecule has 0 atom stereocenters. The summed E-state index contributed by atoms with van der Waals surface area (Å²) in [4.78, 5) is 0. The SMILES string of the molecule is C[Si](C)(C)c1cccc2c1oc1c(-n3c4ccccc4c4cc(-c5ccccc5)ccc43)cccc12. The van der Waals surface area contributed by atoms with Crippen LogP contribution in [0.15, 0.2) is 114 Å². The third kappa shape index (κ3) is 3.09. The van der Waals surface area contributed by atoms with E-state index in [-0.39, 0.29) is 0 Å². The van der Waals surface area contributed by atoms with E-state index in [2.05, 4.69) is 133 Å². The number of furan rings is 1. The van der Waals surface area contributed by atoms with Gasteiger partial charge in [-0.15, -0.1) is 0 Å². The molecule has 0 spiro atoms. The lowest BCUT2D eigenvalue weighted by atomic mass is 10.0. The summed E-state index contributed by atoms with van der Waals surface area (Å²) in [6.45, 7) is 7.15. The van der Waals surface area contributed by atoms with Gasteiger partial charge in [0.05, 0.1) is 24.8 Å². The lowest BCUT2D eigenvalue weighted by molar-refractivity contribution is 0.668. The van der Waals surface area contributed by atoms with Gasteiger partial charge in [0.1, 0.15) is 5.58 Å². The van der Waals surface area contributed by atoms with Crippen LogP contribution >= 0.6 is 0 Å². The summed E-state index contributed by atoms with van der Waals surface area (Å²) in [7, 11) is -1.57. The monoisotopic (exact) mass is 481 g/mol. The van der Waals surface area contributed by atoms with E-state index in [1.807, 2.05) is 0 Å². The third-order valence-electron chi connectivity index (χ3n) is 7.33. The molecule has 0 saturated carbocycles. The molecule has 2 aromatic heterocycles. The first kappa shape index (κ1) is 21.2. The highest BCUT2D eigenvalue weighted by molar-refractivity contribution is 6.90. The van der Waals surface area contributed by atoms with Gasteiger partial charge in [0.15, 0.2) is 5.58 Å². The first-order valence-electron chi connectivity index (χ1n) is 12.5. The molecule has 5 aromatic carbocycles. The number of fused-ring (bicyclic) bond motifs is 6. The van der Waals surface area contributed by atoms with E-state index in [1.54, 1.807) is 0 Å². The van der Waals surface area contributed by atoms with Crippen molar-refractivity contribution in [3.05, 3.63) is 109 Å². The Morgan fingerprint density at radius 1 is 0.528 bits per heavy atom. The standard InChI is InChI=1S/C33H27NOSi/c1-36(2,3)31-18-10-15-26-25-14-9-17-30(32(25)35-33(26)31)34-28-16-8-7-13-24(28)27-21-23(19-20-29(27)34)22-11-5-4-6-12-22/h4-21H,1-3H3. The van der Waals surface area contributed by atoms with Gasteiger partial charge in [0.25, 0.3) is 0 Å². The fraction of sp³-hybridized carbons (Fsp3) is 0.0909. The highest BCUT2D eigenvalue weighted by Crippen LogP contribution is 2.39. The van der Waals surface area contributed by atoms with Crippen molar-refractivity contribution in [2.24, 2.45) is 0 Å². The summed E-state index contributed by atoms with van der Waals surface area (Å²) >= 11 is 0. The Morgan fingerprint density at radius 2 is 1.19 bits per heavy atom. The maximum Gasteiger partial charge on any atom is 0.159 e. The van der Waals surface area contributed by atoms with Gasteiger partial charge in [-0.25, -0.2) is 0 Å². The summed E-state index contributed by atoms with van der Waals surface area (Å²) in [6.07, 6.45) is 0. The number of hydrogen-bond acceptors (Lipinski definition) is 1. The van der Waals surface area contributed by atoms with Crippen LogP contribution in [0.1, 0.15) is 0 Å². The van der Waals surface area contributed by atoms with Gasteiger partial charge in [0.2, 0.25) is 0 Å². The molecule has 7 aromatic rings. The molecule has 36 heavy (non-hydrogen) atoms. The fourth-order valence-electron chi connectivity index (χ4n) is 5.61. The predicted octanol–water partition coefficient (Wildman–Crippen LogP) is 8.90. The van der Waals surface area contributed by atoms with E-state index in [4.69, 9.17) is 4.42 Å². The first-order chi connectivity index (χ1) is 17.5. The van der Waals surface area contributed by atoms with Crippen molar-refractivity contribution in [2.75, 3.05) is 0 Å². The minimum absolute atomic E-state index is 0.952. The number of para-hydroxylation sites is 3. The van der Waals surface area contributed by atoms with Crippen molar-refractivity contribution < 1.29 is 4.42 Å². The van der Waals surface area contributed by atoms with Gasteiger partial charge >= 0.3 is 0 Å². The molecule has 0 aliphatic heterocycles. The molecule has 3 heteroatoms. The van der Waals surface area contributed by atoms with Gasteiger partial charge in [0, 0.05) is 21.5 Å². The van der Waals surface area contributed by atoms with Crippen LogP contribution in [0.3, 0.4) is 0 Å². The molecule has 0 amide bonds. The van der Waals surface area contributed by atoms with Crippen LogP contribution in [-0.2, 0) is 0 Å². The van der Waals surface area contributed by atoms with Crippen LogP contribution in [0.2, 0.25) is 19.6 Å². The minimum atomic E-state index is -1.57. The molecular formula is C33H27NOSi. The zero-order valence-electron chi connectivity index (χ0n) is 20.7. The van der Waals surface area contributed by atoms with Gasteiger partial charge in [-0.3, -0.25) is 0 Å². The molecule has 2 nitrogen and oxygen atoms in total. The summed E-state index contributed by atoms with van der Waals surface area (Å²) in [5, 5.41) is 6.26. The van der Waals surface area contributed by atoms with Crippen molar-refractivity contribution in [3.63, 3.8) is 0 Å². The minimum Gasteiger partial charge on any atom is -0.454 e. The van der Waals surface area contributed by atoms with Crippen molar-refractivity contribution >= 4 is 57.0 Å². The van der Waals surface area contributed by atoms with Gasteiger partial charge < -0.3 is 8.98 Å². The molecule has 7 rings (SSSR count). The summed E-state index contributed by atoms with van der Waals surface area (Å²) < 4.78 is 9.14. The Kier molecular flexibility index (Phi) is 4.54. The molecular weight excluding hydrogens is 454 g/mol. The van der Waals surface area contributed by atoms with Crippen LogP contribution in [0.4, 0.5) is 0 Å².